The molecule has 2 aromatic rings. The Morgan fingerprint density at radius 2 is 1.44 bits per heavy atom. The van der Waals surface area contributed by atoms with Gasteiger partial charge in [0.15, 0.2) is 12.2 Å². The summed E-state index contributed by atoms with van der Waals surface area (Å²) in [6.45, 7) is 4.32. The molecule has 0 amide bonds. The molecule has 0 aliphatic carbocycles. The minimum atomic E-state index is -1.33. The van der Waals surface area contributed by atoms with E-state index < -0.39 is 54.6 Å². The van der Waals surface area contributed by atoms with Gasteiger partial charge in [-0.05, 0) is 12.1 Å². The number of hydrogen-bond acceptors (Lipinski definition) is 11. The number of carbonyl (C=O) groups is 4. The van der Waals surface area contributed by atoms with Crippen LogP contribution >= 0.6 is 0 Å². The van der Waals surface area contributed by atoms with E-state index in [1.54, 1.807) is 24.4 Å². The average molecular weight is 475 g/mol. The Morgan fingerprint density at radius 1 is 0.824 bits per heavy atom. The molecule has 0 N–H and O–H groups in total. The van der Waals surface area contributed by atoms with E-state index in [1.807, 2.05) is 12.1 Å². The Labute approximate surface area is 195 Å². The summed E-state index contributed by atoms with van der Waals surface area (Å²) in [5, 5.41) is 0.783. The number of esters is 4. The van der Waals surface area contributed by atoms with Crippen molar-refractivity contribution in [1.82, 2.24) is 4.98 Å². The van der Waals surface area contributed by atoms with Gasteiger partial charge in [0, 0.05) is 39.3 Å². The first-order valence-electron chi connectivity index (χ1n) is 10.5. The van der Waals surface area contributed by atoms with Crippen molar-refractivity contribution in [3.05, 3.63) is 36.5 Å². The van der Waals surface area contributed by atoms with E-state index in [4.69, 9.17) is 28.4 Å². The molecule has 1 aliphatic rings. The third-order valence-electron chi connectivity index (χ3n) is 4.79. The van der Waals surface area contributed by atoms with Gasteiger partial charge < -0.3 is 28.4 Å². The molecule has 3 rings (SSSR count). The maximum Gasteiger partial charge on any atom is 0.303 e. The van der Waals surface area contributed by atoms with E-state index in [0.29, 0.717) is 11.3 Å². The molecule has 34 heavy (non-hydrogen) atoms. The highest BCUT2D eigenvalue weighted by atomic mass is 16.7. The smallest absolute Gasteiger partial charge is 0.303 e. The first-order valence-corrected chi connectivity index (χ1v) is 10.5. The number of hydrogen-bond donors (Lipinski definition) is 0. The molecule has 0 saturated carbocycles. The summed E-state index contributed by atoms with van der Waals surface area (Å²) in [5.74, 6) is -2.45. The summed E-state index contributed by atoms with van der Waals surface area (Å²) in [5.41, 5.74) is 0.512. The lowest BCUT2D eigenvalue weighted by Crippen LogP contribution is -2.63. The molecule has 1 aromatic heterocycles. The van der Waals surface area contributed by atoms with E-state index >= 15 is 0 Å². The van der Waals surface area contributed by atoms with Crippen LogP contribution in [0.2, 0.25) is 0 Å². The highest BCUT2D eigenvalue weighted by Crippen LogP contribution is 2.32. The second-order valence-electron chi connectivity index (χ2n) is 7.52. The third kappa shape index (κ3) is 6.19. The fourth-order valence-corrected chi connectivity index (χ4v) is 3.58. The maximum absolute atomic E-state index is 11.9. The second kappa shape index (κ2) is 10.9. The maximum atomic E-state index is 11.9. The van der Waals surface area contributed by atoms with Crippen molar-refractivity contribution < 1.29 is 47.6 Å². The van der Waals surface area contributed by atoms with Gasteiger partial charge in [-0.3, -0.25) is 24.2 Å². The van der Waals surface area contributed by atoms with Gasteiger partial charge in [-0.25, -0.2) is 0 Å². The lowest BCUT2D eigenvalue weighted by atomic mass is 9.98. The first-order chi connectivity index (χ1) is 16.2. The summed E-state index contributed by atoms with van der Waals surface area (Å²) in [6, 6.07) is 8.82. The molecule has 1 fully saturated rings. The summed E-state index contributed by atoms with van der Waals surface area (Å²) in [4.78, 5) is 51.4. The highest BCUT2D eigenvalue weighted by molar-refractivity contribution is 5.84. The van der Waals surface area contributed by atoms with Crippen LogP contribution in [0, 0.1) is 0 Å². The number of pyridine rings is 1. The van der Waals surface area contributed by atoms with Gasteiger partial charge >= 0.3 is 23.9 Å². The minimum Gasteiger partial charge on any atom is -0.463 e. The van der Waals surface area contributed by atoms with Gasteiger partial charge in [0.2, 0.25) is 12.4 Å². The molecule has 5 atom stereocenters. The fourth-order valence-electron chi connectivity index (χ4n) is 3.58. The van der Waals surface area contributed by atoms with Crippen molar-refractivity contribution in [2.24, 2.45) is 0 Å². The van der Waals surface area contributed by atoms with Crippen molar-refractivity contribution >= 4 is 34.8 Å². The lowest BCUT2D eigenvalue weighted by molar-refractivity contribution is -0.288. The number of rotatable bonds is 7. The van der Waals surface area contributed by atoms with Gasteiger partial charge in [-0.15, -0.1) is 0 Å². The molecule has 0 radical (unpaired) electrons. The Hall–Kier alpha value is -3.73. The molecule has 0 bridgehead atoms. The van der Waals surface area contributed by atoms with Crippen molar-refractivity contribution in [1.29, 1.82) is 0 Å². The highest BCUT2D eigenvalue weighted by Gasteiger charge is 2.53. The summed E-state index contributed by atoms with van der Waals surface area (Å²) in [6.07, 6.45) is -4.73. The van der Waals surface area contributed by atoms with Crippen LogP contribution in [0.15, 0.2) is 36.5 Å². The number of aromatic nitrogens is 1. The Kier molecular flexibility index (Phi) is 8.00. The van der Waals surface area contributed by atoms with Gasteiger partial charge in [0.1, 0.15) is 24.0 Å². The second-order valence-corrected chi connectivity index (χ2v) is 7.52. The standard InChI is InChI=1S/C23H25NO10/c1-12(25)29-11-18-20(30-13(2)26)21(31-14(3)27)22(32-15(4)28)23(34-18)33-17-9-5-7-16-8-6-10-24-19(16)17/h5-10,18,20-23H,11H2,1-4H3/t18-,20+,21+,22-,23?/m1/s1. The molecule has 11 nitrogen and oxygen atoms in total. The Balaban J connectivity index is 2.03. The van der Waals surface area contributed by atoms with Crippen LogP contribution in [0.25, 0.3) is 10.9 Å². The molecule has 1 aromatic carbocycles. The normalized spacial score (nSPS) is 24.1. The molecule has 1 unspecified atom stereocenters. The fraction of sp³-hybridized carbons (Fsp3) is 0.435. The molecular formula is C23H25NO10. The molecule has 2 heterocycles. The van der Waals surface area contributed by atoms with Gasteiger partial charge in [-0.2, -0.15) is 0 Å². The zero-order valence-electron chi connectivity index (χ0n) is 19.1. The number of nitrogens with zero attached hydrogens (tertiary/aromatic N) is 1. The molecule has 1 aliphatic heterocycles. The van der Waals surface area contributed by atoms with Crippen molar-refractivity contribution in [2.75, 3.05) is 6.61 Å². The number of benzene rings is 1. The van der Waals surface area contributed by atoms with Gasteiger partial charge in [0.25, 0.3) is 0 Å². The van der Waals surface area contributed by atoms with Crippen LogP contribution in [-0.4, -0.2) is 66.2 Å². The number of carbonyl (C=O) groups excluding carboxylic acids is 4. The van der Waals surface area contributed by atoms with E-state index in [0.717, 1.165) is 26.2 Å². The van der Waals surface area contributed by atoms with E-state index in [-0.39, 0.29) is 6.61 Å². The quantitative estimate of drug-likeness (QED) is 0.427. The van der Waals surface area contributed by atoms with Crippen LogP contribution in [0.1, 0.15) is 27.7 Å². The number of fused-ring (bicyclic) bond motifs is 1. The SMILES string of the molecule is CC(=O)OC[C@H]1OC(Oc2cccc3cccnc23)[C@H](OC(C)=O)[C@@H](OC(C)=O)[C@H]1OC(C)=O. The molecule has 1 saturated heterocycles. The number of para-hydroxylation sites is 1. The van der Waals surface area contributed by atoms with E-state index in [9.17, 15) is 19.2 Å². The van der Waals surface area contributed by atoms with E-state index in [1.165, 1.54) is 6.92 Å². The first kappa shape index (κ1) is 24.9. The largest absolute Gasteiger partial charge is 0.463 e. The lowest BCUT2D eigenvalue weighted by Gasteiger charge is -2.43. The van der Waals surface area contributed by atoms with Gasteiger partial charge in [-0.1, -0.05) is 18.2 Å². The molecule has 11 heteroatoms. The topological polar surface area (TPSA) is 137 Å². The average Bonchev–Trinajstić information content (AvgIpc) is 2.75. The van der Waals surface area contributed by atoms with Crippen LogP contribution < -0.4 is 4.74 Å². The monoisotopic (exact) mass is 475 g/mol. The van der Waals surface area contributed by atoms with Crippen molar-refractivity contribution in [2.45, 2.75) is 58.4 Å². The third-order valence-corrected chi connectivity index (χ3v) is 4.79. The molecule has 0 spiro atoms. The van der Waals surface area contributed by atoms with Crippen LogP contribution in [0.3, 0.4) is 0 Å². The van der Waals surface area contributed by atoms with Crippen LogP contribution in [0.4, 0.5) is 0 Å². The summed E-state index contributed by atoms with van der Waals surface area (Å²) in [7, 11) is 0. The molecule has 182 valence electrons. The van der Waals surface area contributed by atoms with Crippen LogP contribution in [-0.2, 0) is 42.9 Å². The Morgan fingerprint density at radius 3 is 2.09 bits per heavy atom. The van der Waals surface area contributed by atoms with Crippen LogP contribution in [0.5, 0.6) is 5.75 Å². The Bertz CT molecular complexity index is 1070. The summed E-state index contributed by atoms with van der Waals surface area (Å²) < 4.78 is 33.2. The predicted octanol–water partition coefficient (Wildman–Crippen LogP) is 1.70. The van der Waals surface area contributed by atoms with Crippen molar-refractivity contribution in [3.63, 3.8) is 0 Å². The summed E-state index contributed by atoms with van der Waals surface area (Å²) >= 11 is 0. The zero-order valence-corrected chi connectivity index (χ0v) is 19.1. The van der Waals surface area contributed by atoms with Gasteiger partial charge in [0.05, 0.1) is 0 Å². The minimum absolute atomic E-state index is 0.305. The number of ether oxygens (including phenoxy) is 6. The predicted molar refractivity (Wildman–Crippen MR) is 114 cm³/mol. The van der Waals surface area contributed by atoms with Crippen molar-refractivity contribution in [3.8, 4) is 5.75 Å². The molecular weight excluding hydrogens is 450 g/mol. The van der Waals surface area contributed by atoms with E-state index in [2.05, 4.69) is 4.98 Å². The zero-order chi connectivity index (χ0) is 24.8.